The van der Waals surface area contributed by atoms with Crippen LogP contribution in [0.5, 0.6) is 0 Å². The molecular formula is C9H8FNO2S. The summed E-state index contributed by atoms with van der Waals surface area (Å²) in [7, 11) is 1.88. The van der Waals surface area contributed by atoms with Crippen LogP contribution in [0.4, 0.5) is 4.39 Å². The Morgan fingerprint density at radius 2 is 2.36 bits per heavy atom. The van der Waals surface area contributed by atoms with Gasteiger partial charge in [0.1, 0.15) is 5.82 Å². The van der Waals surface area contributed by atoms with Gasteiger partial charge in [0.2, 0.25) is 0 Å². The summed E-state index contributed by atoms with van der Waals surface area (Å²) in [6, 6.07) is 2.69. The number of hydrogen-bond acceptors (Lipinski definition) is 3. The largest absolute Gasteiger partial charge is 0.478 e. The molecule has 74 valence electrons. The predicted octanol–water partition coefficient (Wildman–Crippen LogP) is 1.98. The molecule has 0 bridgehead atoms. The Kier molecular flexibility index (Phi) is 2.20. The van der Waals surface area contributed by atoms with Gasteiger partial charge in [-0.25, -0.2) is 13.5 Å². The number of rotatable bonds is 1. The van der Waals surface area contributed by atoms with Crippen LogP contribution in [-0.4, -0.2) is 22.4 Å². The molecule has 14 heavy (non-hydrogen) atoms. The first kappa shape index (κ1) is 9.48. The number of carboxylic acid groups (broad SMARTS) is 1. The van der Waals surface area contributed by atoms with E-state index in [1.54, 1.807) is 0 Å². The van der Waals surface area contributed by atoms with Gasteiger partial charge in [0, 0.05) is 11.4 Å². The summed E-state index contributed by atoms with van der Waals surface area (Å²) in [4.78, 5) is 11.5. The fraction of sp³-hybridized carbons (Fsp3) is 0.222. The minimum Gasteiger partial charge on any atom is -0.478 e. The SMILES string of the molecule is CN1Cc2cc(F)c(C(=O)O)cc2S1. The number of halogens is 1. The van der Waals surface area contributed by atoms with E-state index in [9.17, 15) is 9.18 Å². The zero-order valence-corrected chi connectivity index (χ0v) is 8.27. The molecule has 0 radical (unpaired) electrons. The molecule has 0 fully saturated rings. The highest BCUT2D eigenvalue weighted by Crippen LogP contribution is 2.35. The van der Waals surface area contributed by atoms with E-state index < -0.39 is 11.8 Å². The summed E-state index contributed by atoms with van der Waals surface area (Å²) < 4.78 is 15.1. The highest BCUT2D eigenvalue weighted by atomic mass is 32.2. The Balaban J connectivity index is 2.50. The number of hydrogen-bond donors (Lipinski definition) is 1. The maximum atomic E-state index is 13.2. The third-order valence-corrected chi connectivity index (χ3v) is 3.05. The monoisotopic (exact) mass is 213 g/mol. The molecule has 1 heterocycles. The maximum absolute atomic E-state index is 13.2. The molecule has 0 aromatic heterocycles. The van der Waals surface area contributed by atoms with E-state index in [-0.39, 0.29) is 5.56 Å². The van der Waals surface area contributed by atoms with Crippen molar-refractivity contribution in [2.75, 3.05) is 7.05 Å². The van der Waals surface area contributed by atoms with E-state index in [0.29, 0.717) is 6.54 Å². The smallest absolute Gasteiger partial charge is 0.338 e. The average molecular weight is 213 g/mol. The third kappa shape index (κ3) is 1.49. The quantitative estimate of drug-likeness (QED) is 0.724. The number of benzene rings is 1. The normalized spacial score (nSPS) is 15.6. The van der Waals surface area contributed by atoms with Crippen LogP contribution in [0.2, 0.25) is 0 Å². The predicted molar refractivity (Wildman–Crippen MR) is 50.7 cm³/mol. The molecule has 0 saturated carbocycles. The van der Waals surface area contributed by atoms with Crippen LogP contribution in [0.1, 0.15) is 15.9 Å². The van der Waals surface area contributed by atoms with Crippen molar-refractivity contribution in [1.82, 2.24) is 4.31 Å². The molecule has 0 atom stereocenters. The molecule has 1 aliphatic rings. The van der Waals surface area contributed by atoms with Gasteiger partial charge in [-0.1, -0.05) is 0 Å². The number of carboxylic acids is 1. The molecular weight excluding hydrogens is 205 g/mol. The molecule has 0 saturated heterocycles. The Morgan fingerprint density at radius 3 is 3.00 bits per heavy atom. The van der Waals surface area contributed by atoms with Gasteiger partial charge in [0.15, 0.2) is 0 Å². The second-order valence-electron chi connectivity index (χ2n) is 3.12. The Bertz CT molecular complexity index is 408. The fourth-order valence-electron chi connectivity index (χ4n) is 1.41. The first-order chi connectivity index (χ1) is 6.58. The van der Waals surface area contributed by atoms with Crippen molar-refractivity contribution in [1.29, 1.82) is 0 Å². The van der Waals surface area contributed by atoms with Gasteiger partial charge >= 0.3 is 5.97 Å². The van der Waals surface area contributed by atoms with E-state index in [1.807, 2.05) is 11.4 Å². The molecule has 0 amide bonds. The lowest BCUT2D eigenvalue weighted by molar-refractivity contribution is 0.0691. The van der Waals surface area contributed by atoms with Gasteiger partial charge in [0.05, 0.1) is 5.56 Å². The van der Waals surface area contributed by atoms with Crippen molar-refractivity contribution < 1.29 is 14.3 Å². The molecule has 1 aromatic rings. The lowest BCUT2D eigenvalue weighted by atomic mass is 10.1. The van der Waals surface area contributed by atoms with Gasteiger partial charge in [-0.05, 0) is 36.7 Å². The lowest BCUT2D eigenvalue weighted by Gasteiger charge is -2.01. The second kappa shape index (κ2) is 3.25. The van der Waals surface area contributed by atoms with Crippen LogP contribution >= 0.6 is 11.9 Å². The number of carbonyl (C=O) groups is 1. The summed E-state index contributed by atoms with van der Waals surface area (Å²) in [5.74, 6) is -1.88. The van der Waals surface area contributed by atoms with Crippen LogP contribution in [0, 0.1) is 5.82 Å². The van der Waals surface area contributed by atoms with Crippen LogP contribution in [-0.2, 0) is 6.54 Å². The van der Waals surface area contributed by atoms with E-state index >= 15 is 0 Å². The van der Waals surface area contributed by atoms with Crippen molar-refractivity contribution in [3.63, 3.8) is 0 Å². The van der Waals surface area contributed by atoms with E-state index in [0.717, 1.165) is 10.5 Å². The summed E-state index contributed by atoms with van der Waals surface area (Å²) in [5, 5.41) is 8.70. The Labute approximate surface area is 84.7 Å². The zero-order chi connectivity index (χ0) is 10.3. The molecule has 0 unspecified atom stereocenters. The molecule has 3 nitrogen and oxygen atoms in total. The summed E-state index contributed by atoms with van der Waals surface area (Å²) >= 11 is 1.43. The van der Waals surface area contributed by atoms with E-state index in [2.05, 4.69) is 0 Å². The van der Waals surface area contributed by atoms with Crippen molar-refractivity contribution in [3.8, 4) is 0 Å². The lowest BCUT2D eigenvalue weighted by Crippen LogP contribution is -2.02. The Morgan fingerprint density at radius 1 is 1.64 bits per heavy atom. The Hall–Kier alpha value is -1.07. The minimum absolute atomic E-state index is 0.258. The summed E-state index contributed by atoms with van der Waals surface area (Å²) in [6.07, 6.45) is 0. The fourth-order valence-corrected chi connectivity index (χ4v) is 2.36. The first-order valence-electron chi connectivity index (χ1n) is 4.03. The molecule has 1 aliphatic heterocycles. The number of nitrogens with zero attached hydrogens (tertiary/aromatic N) is 1. The van der Waals surface area contributed by atoms with Crippen LogP contribution in [0.25, 0.3) is 0 Å². The third-order valence-electron chi connectivity index (χ3n) is 2.03. The first-order valence-corrected chi connectivity index (χ1v) is 4.80. The van der Waals surface area contributed by atoms with Gasteiger partial charge in [-0.3, -0.25) is 0 Å². The van der Waals surface area contributed by atoms with Gasteiger partial charge in [0.25, 0.3) is 0 Å². The molecule has 5 heteroatoms. The van der Waals surface area contributed by atoms with Crippen LogP contribution in [0.3, 0.4) is 0 Å². The molecule has 1 N–H and O–H groups in total. The molecule has 1 aromatic carbocycles. The second-order valence-corrected chi connectivity index (χ2v) is 4.37. The topological polar surface area (TPSA) is 40.5 Å². The standard InChI is InChI=1S/C9H8FNO2S/c1-11-4-5-2-7(10)6(9(12)13)3-8(5)14-11/h2-3H,4H2,1H3,(H,12,13). The van der Waals surface area contributed by atoms with Crippen molar-refractivity contribution in [2.45, 2.75) is 11.4 Å². The summed E-state index contributed by atoms with van der Waals surface area (Å²) in [6.45, 7) is 0.650. The van der Waals surface area contributed by atoms with E-state index in [1.165, 1.54) is 24.1 Å². The van der Waals surface area contributed by atoms with E-state index in [4.69, 9.17) is 5.11 Å². The molecule has 0 spiro atoms. The van der Waals surface area contributed by atoms with Gasteiger partial charge in [-0.2, -0.15) is 0 Å². The highest BCUT2D eigenvalue weighted by molar-refractivity contribution is 7.97. The van der Waals surface area contributed by atoms with Crippen LogP contribution in [0.15, 0.2) is 17.0 Å². The molecule has 2 rings (SSSR count). The van der Waals surface area contributed by atoms with Crippen molar-refractivity contribution >= 4 is 17.9 Å². The average Bonchev–Trinajstić information content (AvgIpc) is 2.42. The zero-order valence-electron chi connectivity index (χ0n) is 7.45. The van der Waals surface area contributed by atoms with Gasteiger partial charge < -0.3 is 5.11 Å². The van der Waals surface area contributed by atoms with Gasteiger partial charge in [-0.15, -0.1) is 0 Å². The van der Waals surface area contributed by atoms with Crippen molar-refractivity contribution in [2.24, 2.45) is 0 Å². The van der Waals surface area contributed by atoms with Crippen LogP contribution < -0.4 is 0 Å². The molecule has 0 aliphatic carbocycles. The van der Waals surface area contributed by atoms with Crippen molar-refractivity contribution in [3.05, 3.63) is 29.1 Å². The number of fused-ring (bicyclic) bond motifs is 1. The minimum atomic E-state index is -1.22. The summed E-state index contributed by atoms with van der Waals surface area (Å²) in [5.41, 5.74) is 0.589. The highest BCUT2D eigenvalue weighted by Gasteiger charge is 2.21. The number of aromatic carboxylic acids is 1. The maximum Gasteiger partial charge on any atom is 0.338 e.